The summed E-state index contributed by atoms with van der Waals surface area (Å²) in [5, 5.41) is 13.0. The number of ether oxygens (including phenoxy) is 1. The van der Waals surface area contributed by atoms with Gasteiger partial charge in [0, 0.05) is 19.7 Å². The van der Waals surface area contributed by atoms with Crippen LogP contribution < -0.4 is 5.32 Å². The summed E-state index contributed by atoms with van der Waals surface area (Å²) in [4.78, 5) is 0. The Hall–Kier alpha value is -0.120. The fraction of sp³-hybridized carbons (Fsp3) is 1.00. The maximum atomic E-state index is 9.87. The molecule has 2 rings (SSSR count). The molecule has 2 N–H and O–H groups in total. The average Bonchev–Trinajstić information content (AvgIpc) is 2.34. The minimum atomic E-state index is -0.424. The molecule has 3 heteroatoms. The maximum absolute atomic E-state index is 9.87. The van der Waals surface area contributed by atoms with Crippen LogP contribution in [0.3, 0.4) is 0 Å². The largest absolute Gasteiger partial charge is 0.387 e. The molecule has 0 aromatic carbocycles. The minimum Gasteiger partial charge on any atom is -0.387 e. The van der Waals surface area contributed by atoms with E-state index in [1.165, 1.54) is 0 Å². The first kappa shape index (κ1) is 8.48. The molecule has 2 aliphatic heterocycles. The van der Waals surface area contributed by atoms with Crippen LogP contribution in [0.25, 0.3) is 0 Å². The first-order valence-corrected chi connectivity index (χ1v) is 4.74. The van der Waals surface area contributed by atoms with Crippen LogP contribution >= 0.6 is 0 Å². The van der Waals surface area contributed by atoms with Crippen molar-refractivity contribution in [3.63, 3.8) is 0 Å². The van der Waals surface area contributed by atoms with Crippen LogP contribution in [-0.4, -0.2) is 36.5 Å². The predicted molar refractivity (Wildman–Crippen MR) is 46.0 cm³/mol. The number of nitrogens with one attached hydrogen (secondary N) is 1. The highest BCUT2D eigenvalue weighted by molar-refractivity contribution is 4.95. The van der Waals surface area contributed by atoms with Gasteiger partial charge in [0.05, 0.1) is 11.7 Å². The van der Waals surface area contributed by atoms with Crippen LogP contribution in [0, 0.1) is 5.92 Å². The van der Waals surface area contributed by atoms with E-state index in [0.717, 1.165) is 32.5 Å². The Morgan fingerprint density at radius 2 is 2.33 bits per heavy atom. The third kappa shape index (κ3) is 1.49. The van der Waals surface area contributed by atoms with Crippen molar-refractivity contribution in [2.75, 3.05) is 19.7 Å². The SMILES string of the molecule is CC1OCCC1CC1(O)CNC1. The van der Waals surface area contributed by atoms with Gasteiger partial charge >= 0.3 is 0 Å². The van der Waals surface area contributed by atoms with Crippen molar-refractivity contribution in [3.8, 4) is 0 Å². The molecule has 2 saturated heterocycles. The molecule has 2 heterocycles. The van der Waals surface area contributed by atoms with Crippen LogP contribution in [0.15, 0.2) is 0 Å². The lowest BCUT2D eigenvalue weighted by atomic mass is 9.83. The number of aliphatic hydroxyl groups is 1. The van der Waals surface area contributed by atoms with E-state index in [9.17, 15) is 5.11 Å². The van der Waals surface area contributed by atoms with Crippen LogP contribution in [0.5, 0.6) is 0 Å². The van der Waals surface area contributed by atoms with Crippen molar-refractivity contribution >= 4 is 0 Å². The van der Waals surface area contributed by atoms with Gasteiger partial charge in [0.2, 0.25) is 0 Å². The molecule has 0 amide bonds. The summed E-state index contributed by atoms with van der Waals surface area (Å²) in [6.07, 6.45) is 2.36. The van der Waals surface area contributed by atoms with E-state index in [4.69, 9.17) is 4.74 Å². The minimum absolute atomic E-state index is 0.342. The van der Waals surface area contributed by atoms with Crippen molar-refractivity contribution in [2.45, 2.75) is 31.5 Å². The Balaban J connectivity index is 1.85. The predicted octanol–water partition coefficient (Wildman–Crippen LogP) is 0.136. The van der Waals surface area contributed by atoms with Crippen LogP contribution in [-0.2, 0) is 4.74 Å². The van der Waals surface area contributed by atoms with Gasteiger partial charge in [-0.2, -0.15) is 0 Å². The van der Waals surface area contributed by atoms with Crippen LogP contribution in [0.2, 0.25) is 0 Å². The molecule has 0 bridgehead atoms. The molecule has 0 saturated carbocycles. The third-order valence-corrected chi connectivity index (χ3v) is 3.08. The lowest BCUT2D eigenvalue weighted by Crippen LogP contribution is -2.60. The standard InChI is InChI=1S/C9H17NO2/c1-7-8(2-3-12-7)4-9(11)5-10-6-9/h7-8,10-11H,2-6H2,1H3. The molecule has 3 nitrogen and oxygen atoms in total. The molecule has 2 unspecified atom stereocenters. The van der Waals surface area contributed by atoms with Gasteiger partial charge in [-0.05, 0) is 25.7 Å². The number of rotatable bonds is 2. The molecule has 0 radical (unpaired) electrons. The third-order valence-electron chi connectivity index (χ3n) is 3.08. The molecular weight excluding hydrogens is 154 g/mol. The van der Waals surface area contributed by atoms with E-state index in [-0.39, 0.29) is 0 Å². The molecule has 2 atom stereocenters. The van der Waals surface area contributed by atoms with E-state index in [0.29, 0.717) is 12.0 Å². The van der Waals surface area contributed by atoms with Crippen LogP contribution in [0.1, 0.15) is 19.8 Å². The summed E-state index contributed by atoms with van der Waals surface area (Å²) in [5.74, 6) is 0.567. The van der Waals surface area contributed by atoms with E-state index < -0.39 is 5.60 Å². The van der Waals surface area contributed by atoms with Gasteiger partial charge in [0.25, 0.3) is 0 Å². The Morgan fingerprint density at radius 3 is 2.75 bits per heavy atom. The Labute approximate surface area is 73.1 Å². The summed E-state index contributed by atoms with van der Waals surface area (Å²) in [7, 11) is 0. The zero-order valence-corrected chi connectivity index (χ0v) is 7.55. The lowest BCUT2D eigenvalue weighted by molar-refractivity contribution is -0.0382. The van der Waals surface area contributed by atoms with Gasteiger partial charge in [0.15, 0.2) is 0 Å². The van der Waals surface area contributed by atoms with Crippen LogP contribution in [0.4, 0.5) is 0 Å². The topological polar surface area (TPSA) is 41.5 Å². The Kier molecular flexibility index (Phi) is 2.10. The van der Waals surface area contributed by atoms with Gasteiger partial charge < -0.3 is 15.2 Å². The van der Waals surface area contributed by atoms with Crippen molar-refractivity contribution in [1.29, 1.82) is 0 Å². The second kappa shape index (κ2) is 2.98. The molecule has 0 aromatic heterocycles. The van der Waals surface area contributed by atoms with Gasteiger partial charge in [-0.25, -0.2) is 0 Å². The molecule has 12 heavy (non-hydrogen) atoms. The lowest BCUT2D eigenvalue weighted by Gasteiger charge is -2.39. The molecule has 2 aliphatic rings. The monoisotopic (exact) mass is 171 g/mol. The molecule has 0 aliphatic carbocycles. The van der Waals surface area contributed by atoms with Gasteiger partial charge in [0.1, 0.15) is 0 Å². The Morgan fingerprint density at radius 1 is 1.58 bits per heavy atom. The van der Waals surface area contributed by atoms with Gasteiger partial charge in [-0.1, -0.05) is 0 Å². The van der Waals surface area contributed by atoms with Gasteiger partial charge in [-0.3, -0.25) is 0 Å². The highest BCUT2D eigenvalue weighted by atomic mass is 16.5. The summed E-state index contributed by atoms with van der Waals surface area (Å²) in [6, 6.07) is 0. The fourth-order valence-electron chi connectivity index (χ4n) is 2.09. The maximum Gasteiger partial charge on any atom is 0.0898 e. The van der Waals surface area contributed by atoms with E-state index in [1.807, 2.05) is 0 Å². The molecule has 0 spiro atoms. The molecule has 0 aromatic rings. The van der Waals surface area contributed by atoms with E-state index in [2.05, 4.69) is 12.2 Å². The van der Waals surface area contributed by atoms with Crippen molar-refractivity contribution in [1.82, 2.24) is 5.32 Å². The van der Waals surface area contributed by atoms with E-state index in [1.54, 1.807) is 0 Å². The summed E-state index contributed by atoms with van der Waals surface area (Å²) < 4.78 is 5.45. The normalized spacial score (nSPS) is 39.5. The van der Waals surface area contributed by atoms with Crippen molar-refractivity contribution in [2.24, 2.45) is 5.92 Å². The Bertz CT molecular complexity index is 168. The highest BCUT2D eigenvalue weighted by Gasteiger charge is 2.39. The van der Waals surface area contributed by atoms with Crippen molar-refractivity contribution in [3.05, 3.63) is 0 Å². The fourth-order valence-corrected chi connectivity index (χ4v) is 2.09. The molecule has 2 fully saturated rings. The summed E-state index contributed by atoms with van der Waals surface area (Å²) in [5.41, 5.74) is -0.424. The van der Waals surface area contributed by atoms with E-state index >= 15 is 0 Å². The number of β-amino-alcohol motifs (C(OH)–C–C–N with tert-alkyl or cyclic N) is 1. The second-order valence-electron chi connectivity index (χ2n) is 4.16. The highest BCUT2D eigenvalue weighted by Crippen LogP contribution is 2.30. The summed E-state index contributed by atoms with van der Waals surface area (Å²) >= 11 is 0. The molecule has 70 valence electrons. The first-order chi connectivity index (χ1) is 5.70. The number of hydrogen-bond acceptors (Lipinski definition) is 3. The smallest absolute Gasteiger partial charge is 0.0898 e. The number of hydrogen-bond donors (Lipinski definition) is 2. The molecular formula is C9H17NO2. The van der Waals surface area contributed by atoms with Gasteiger partial charge in [-0.15, -0.1) is 0 Å². The second-order valence-corrected chi connectivity index (χ2v) is 4.16. The summed E-state index contributed by atoms with van der Waals surface area (Å²) in [6.45, 7) is 4.49. The zero-order chi connectivity index (χ0) is 8.60. The zero-order valence-electron chi connectivity index (χ0n) is 7.55. The first-order valence-electron chi connectivity index (χ1n) is 4.74. The van der Waals surface area contributed by atoms with Crippen molar-refractivity contribution < 1.29 is 9.84 Å². The quantitative estimate of drug-likeness (QED) is 0.621. The average molecular weight is 171 g/mol.